The van der Waals surface area contributed by atoms with E-state index >= 15 is 0 Å². The van der Waals surface area contributed by atoms with Gasteiger partial charge in [-0.1, -0.05) is 6.92 Å². The van der Waals surface area contributed by atoms with E-state index in [2.05, 4.69) is 0 Å². The van der Waals surface area contributed by atoms with Gasteiger partial charge in [-0.2, -0.15) is 0 Å². The van der Waals surface area contributed by atoms with Gasteiger partial charge in [0, 0.05) is 7.11 Å². The normalized spacial score (nSPS) is 20.0. The van der Waals surface area contributed by atoms with E-state index in [1.165, 1.54) is 7.11 Å². The Labute approximate surface area is 71.8 Å². The van der Waals surface area contributed by atoms with Crippen molar-refractivity contribution < 1.29 is 9.05 Å². The predicted molar refractivity (Wildman–Crippen MR) is 48.0 cm³/mol. The first-order chi connectivity index (χ1) is 4.52. The van der Waals surface area contributed by atoms with Gasteiger partial charge in [0.25, 0.3) is 5.84 Å². The third-order valence-electron chi connectivity index (χ3n) is 1.10. The quantitative estimate of drug-likeness (QED) is 0.654. The highest BCUT2D eigenvalue weighted by atomic mass is 35.7. The van der Waals surface area contributed by atoms with Crippen molar-refractivity contribution in [3.63, 3.8) is 0 Å². The molecule has 5 heteroatoms. The van der Waals surface area contributed by atoms with Crippen molar-refractivity contribution in [2.45, 2.75) is 26.4 Å². The molecule has 2 unspecified atom stereocenters. The van der Waals surface area contributed by atoms with Gasteiger partial charge in [-0.25, -0.2) is 0 Å². The number of rotatable bonds is 4. The summed E-state index contributed by atoms with van der Waals surface area (Å²) in [5.74, 6) is -2.44. The van der Waals surface area contributed by atoms with Crippen LogP contribution in [0.15, 0.2) is 0 Å². The molecule has 0 aliphatic rings. The smallest absolute Gasteiger partial charge is 0.281 e. The zero-order valence-corrected chi connectivity index (χ0v) is 8.80. The molecular weight excluding hydrogens is 191 g/mol. The van der Waals surface area contributed by atoms with Gasteiger partial charge in [0.15, 0.2) is 0 Å². The zero-order chi connectivity index (χ0) is 8.20. The van der Waals surface area contributed by atoms with Gasteiger partial charge in [0.1, 0.15) is 0 Å². The summed E-state index contributed by atoms with van der Waals surface area (Å²) in [6, 6.07) is 0. The van der Waals surface area contributed by atoms with Crippen LogP contribution in [0, 0.1) is 0 Å². The van der Waals surface area contributed by atoms with Crippen LogP contribution in [0.3, 0.4) is 0 Å². The topological polar surface area (TPSA) is 18.5 Å². The van der Waals surface area contributed by atoms with E-state index in [0.717, 1.165) is 6.42 Å². The van der Waals surface area contributed by atoms with Crippen LogP contribution in [-0.2, 0) is 20.9 Å². The fourth-order valence-electron chi connectivity index (χ4n) is 0.333. The number of halogens is 1. The maximum atomic E-state index is 5.68. The van der Waals surface area contributed by atoms with Gasteiger partial charge >= 0.3 is 0 Å². The number of hydrogen-bond donors (Lipinski definition) is 0. The van der Waals surface area contributed by atoms with Crippen LogP contribution in [0.5, 0.6) is 0 Å². The highest BCUT2D eigenvalue weighted by Crippen LogP contribution is 2.54. The van der Waals surface area contributed by atoms with Crippen LogP contribution in [0.4, 0.5) is 0 Å². The Morgan fingerprint density at radius 3 is 2.50 bits per heavy atom. The van der Waals surface area contributed by atoms with Crippen molar-refractivity contribution in [1.82, 2.24) is 0 Å². The second-order valence-electron chi connectivity index (χ2n) is 1.94. The SMILES string of the molecule is CCC(C)OP(=S)(Cl)OC. The van der Waals surface area contributed by atoms with Gasteiger partial charge < -0.3 is 9.05 Å². The molecule has 0 rings (SSSR count). The van der Waals surface area contributed by atoms with Gasteiger partial charge in [0.2, 0.25) is 0 Å². The van der Waals surface area contributed by atoms with Crippen molar-refractivity contribution in [2.75, 3.05) is 7.11 Å². The molecule has 0 radical (unpaired) electrons. The third kappa shape index (κ3) is 4.64. The van der Waals surface area contributed by atoms with Gasteiger partial charge in [0.05, 0.1) is 6.10 Å². The zero-order valence-electron chi connectivity index (χ0n) is 6.33. The summed E-state index contributed by atoms with van der Waals surface area (Å²) in [5.41, 5.74) is 0. The van der Waals surface area contributed by atoms with Crippen molar-refractivity contribution >= 4 is 28.9 Å². The highest BCUT2D eigenvalue weighted by Gasteiger charge is 2.15. The molecule has 0 N–H and O–H groups in total. The van der Waals surface area contributed by atoms with E-state index in [9.17, 15) is 0 Å². The number of hydrogen-bond acceptors (Lipinski definition) is 3. The molecule has 0 aromatic rings. The molecule has 10 heavy (non-hydrogen) atoms. The van der Waals surface area contributed by atoms with Gasteiger partial charge in [-0.3, -0.25) is 0 Å². The van der Waals surface area contributed by atoms with E-state index in [1.807, 2.05) is 13.8 Å². The third-order valence-corrected chi connectivity index (χ3v) is 3.51. The van der Waals surface area contributed by atoms with E-state index < -0.39 is 5.84 Å². The molecular formula is C5H12ClO2PS. The van der Waals surface area contributed by atoms with E-state index in [4.69, 9.17) is 32.1 Å². The van der Waals surface area contributed by atoms with Crippen LogP contribution in [0.25, 0.3) is 0 Å². The molecule has 0 aliphatic carbocycles. The maximum Gasteiger partial charge on any atom is 0.281 e. The average Bonchev–Trinajstić information content (AvgIpc) is 1.87. The second kappa shape index (κ2) is 4.68. The minimum Gasteiger partial charge on any atom is -0.321 e. The van der Waals surface area contributed by atoms with Crippen molar-refractivity contribution in [3.05, 3.63) is 0 Å². The van der Waals surface area contributed by atoms with Crippen LogP contribution < -0.4 is 0 Å². The lowest BCUT2D eigenvalue weighted by molar-refractivity contribution is 0.211. The van der Waals surface area contributed by atoms with E-state index in [-0.39, 0.29) is 6.10 Å². The average molecular weight is 203 g/mol. The van der Waals surface area contributed by atoms with Crippen LogP contribution >= 0.6 is 17.1 Å². The maximum absolute atomic E-state index is 5.68. The lowest BCUT2D eigenvalue weighted by Gasteiger charge is -2.16. The molecule has 0 fully saturated rings. The molecule has 0 heterocycles. The minimum absolute atomic E-state index is 0.0864. The second-order valence-corrected chi connectivity index (χ2v) is 6.75. The van der Waals surface area contributed by atoms with Crippen LogP contribution in [0.2, 0.25) is 0 Å². The molecule has 0 saturated heterocycles. The molecule has 2 atom stereocenters. The molecule has 0 spiro atoms. The Balaban J connectivity index is 3.77. The predicted octanol–water partition coefficient (Wildman–Crippen LogP) is 2.91. The first-order valence-corrected chi connectivity index (χ1v) is 6.60. The molecule has 62 valence electrons. The van der Waals surface area contributed by atoms with Crippen LogP contribution in [0.1, 0.15) is 20.3 Å². The summed E-state index contributed by atoms with van der Waals surface area (Å²) in [6.07, 6.45) is 0.984. The van der Waals surface area contributed by atoms with Crippen molar-refractivity contribution in [2.24, 2.45) is 0 Å². The summed E-state index contributed by atoms with van der Waals surface area (Å²) >= 11 is 10.5. The molecule has 0 aliphatic heterocycles. The standard InChI is InChI=1S/C5H12ClO2PS/c1-4-5(2)8-9(6,10)7-3/h5H,4H2,1-3H3. The molecule has 2 nitrogen and oxygen atoms in total. The Morgan fingerprint density at radius 2 is 2.20 bits per heavy atom. The van der Waals surface area contributed by atoms with Crippen LogP contribution in [-0.4, -0.2) is 13.2 Å². The first-order valence-electron chi connectivity index (χ1n) is 3.05. The molecule has 0 bridgehead atoms. The minimum atomic E-state index is -2.44. The molecule has 0 saturated carbocycles. The fourth-order valence-corrected chi connectivity index (χ4v) is 1.85. The Hall–Kier alpha value is 0.860. The Morgan fingerprint density at radius 1 is 1.70 bits per heavy atom. The summed E-state index contributed by atoms with van der Waals surface area (Å²) in [6.45, 7) is 3.93. The highest BCUT2D eigenvalue weighted by molar-refractivity contribution is 8.22. The fraction of sp³-hybridized carbons (Fsp3) is 1.00. The molecule has 0 aromatic carbocycles. The monoisotopic (exact) mass is 202 g/mol. The largest absolute Gasteiger partial charge is 0.321 e. The Kier molecular flexibility index (Phi) is 5.08. The summed E-state index contributed by atoms with van der Waals surface area (Å²) in [7, 11) is 1.47. The molecule has 0 amide bonds. The molecule has 0 aromatic heterocycles. The van der Waals surface area contributed by atoms with Crippen molar-refractivity contribution in [3.8, 4) is 0 Å². The lowest BCUT2D eigenvalue weighted by Crippen LogP contribution is -2.02. The first kappa shape index (κ1) is 10.9. The van der Waals surface area contributed by atoms with Gasteiger partial charge in [-0.05, 0) is 36.4 Å². The summed E-state index contributed by atoms with van der Waals surface area (Å²) in [5, 5.41) is 0. The van der Waals surface area contributed by atoms with E-state index in [0.29, 0.717) is 0 Å². The summed E-state index contributed by atoms with van der Waals surface area (Å²) < 4.78 is 9.98. The Bertz CT molecular complexity index is 142. The summed E-state index contributed by atoms with van der Waals surface area (Å²) in [4.78, 5) is 0. The van der Waals surface area contributed by atoms with Crippen molar-refractivity contribution in [1.29, 1.82) is 0 Å². The van der Waals surface area contributed by atoms with Gasteiger partial charge in [-0.15, -0.1) is 0 Å². The van der Waals surface area contributed by atoms with E-state index in [1.54, 1.807) is 0 Å². The lowest BCUT2D eigenvalue weighted by atomic mass is 10.3.